The first-order chi connectivity index (χ1) is 10.1. The number of guanidine groups is 1. The van der Waals surface area contributed by atoms with Crippen molar-refractivity contribution < 1.29 is 0 Å². The second-order valence-corrected chi connectivity index (χ2v) is 5.99. The molecule has 0 saturated carbocycles. The minimum atomic E-state index is 0.491. The molecular weight excluding hydrogens is 306 g/mol. The molecule has 1 aliphatic heterocycles. The van der Waals surface area contributed by atoms with E-state index in [1.807, 2.05) is 30.3 Å². The predicted octanol–water partition coefficient (Wildman–Crippen LogP) is 3.22. The van der Waals surface area contributed by atoms with Crippen LogP contribution < -0.4 is 10.5 Å². The number of hydrogen-bond donors (Lipinski definition) is 2. The Balaban J connectivity index is 1.99. The van der Waals surface area contributed by atoms with Crippen LogP contribution in [0, 0.1) is 5.92 Å². The van der Waals surface area contributed by atoms with Gasteiger partial charge in [-0.25, -0.2) is 5.01 Å². The van der Waals surface area contributed by atoms with Crippen molar-refractivity contribution in [3.8, 4) is 0 Å². The fourth-order valence-electron chi connectivity index (χ4n) is 1.86. The van der Waals surface area contributed by atoms with Crippen molar-refractivity contribution in [3.05, 3.63) is 23.2 Å². The number of benzene rings is 1. The van der Waals surface area contributed by atoms with Gasteiger partial charge in [0.05, 0.1) is 17.3 Å². The third-order valence-corrected chi connectivity index (χ3v) is 4.23. The molecule has 3 N–H and O–H groups in total. The number of aliphatic imine (C=N–C) groups is 1. The summed E-state index contributed by atoms with van der Waals surface area (Å²) < 4.78 is 3.25. The molecule has 1 atom stereocenters. The molecule has 2 rings (SSSR count). The lowest BCUT2D eigenvalue weighted by atomic mass is 10.1. The number of halogens is 1. The van der Waals surface area contributed by atoms with Gasteiger partial charge < -0.3 is 5.73 Å². The molecule has 0 amide bonds. The molecule has 0 fully saturated rings. The molecule has 7 heteroatoms. The molecule has 21 heavy (non-hydrogen) atoms. The van der Waals surface area contributed by atoms with Crippen molar-refractivity contribution in [3.63, 3.8) is 0 Å². The average molecular weight is 326 g/mol. The summed E-state index contributed by atoms with van der Waals surface area (Å²) in [6, 6.07) is 5.55. The van der Waals surface area contributed by atoms with Gasteiger partial charge in [0.25, 0.3) is 0 Å². The summed E-state index contributed by atoms with van der Waals surface area (Å²) in [4.78, 5) is 5.45. The number of nitrogens with two attached hydrogens (primary N) is 1. The summed E-state index contributed by atoms with van der Waals surface area (Å²) in [7, 11) is 0. The number of nitrogens with one attached hydrogen (secondary N) is 1. The zero-order valence-corrected chi connectivity index (χ0v) is 13.8. The third-order valence-electron chi connectivity index (χ3n) is 3.13. The Kier molecular flexibility index (Phi) is 5.76. The maximum Gasteiger partial charge on any atom is 0.225 e. The van der Waals surface area contributed by atoms with Crippen LogP contribution in [0.15, 0.2) is 33.2 Å². The lowest BCUT2D eigenvalue weighted by Crippen LogP contribution is -2.34. The van der Waals surface area contributed by atoms with Gasteiger partial charge >= 0.3 is 0 Å². The first-order valence-corrected chi connectivity index (χ1v) is 8.17. The van der Waals surface area contributed by atoms with Gasteiger partial charge in [0.2, 0.25) is 5.96 Å². The van der Waals surface area contributed by atoms with E-state index in [4.69, 9.17) is 17.3 Å². The van der Waals surface area contributed by atoms with Gasteiger partial charge in [-0.15, -0.1) is 0 Å². The molecule has 114 valence electrons. The smallest absolute Gasteiger partial charge is 0.225 e. The standard InChI is InChI=1S/C14H20ClN5S/c1-3-10-8-18-20(9-10)14(17-4-2)19-21-11-5-6-13(16)12(15)7-11/h5-8,10H,3-4,9,16H2,1-2H3,(H,17,19). The third kappa shape index (κ3) is 4.28. The second-order valence-electron chi connectivity index (χ2n) is 4.70. The highest BCUT2D eigenvalue weighted by molar-refractivity contribution is 7.98. The van der Waals surface area contributed by atoms with Crippen LogP contribution in [0.5, 0.6) is 0 Å². The van der Waals surface area contributed by atoms with E-state index < -0.39 is 0 Å². The lowest BCUT2D eigenvalue weighted by Gasteiger charge is -2.18. The van der Waals surface area contributed by atoms with Gasteiger partial charge in [-0.1, -0.05) is 18.5 Å². The van der Waals surface area contributed by atoms with Gasteiger partial charge in [-0.05, 0) is 43.5 Å². The monoisotopic (exact) mass is 325 g/mol. The summed E-state index contributed by atoms with van der Waals surface area (Å²) in [5, 5.41) is 6.87. The number of rotatable bonds is 4. The normalized spacial score (nSPS) is 18.3. The predicted molar refractivity (Wildman–Crippen MR) is 91.8 cm³/mol. The fraction of sp³-hybridized carbons (Fsp3) is 0.429. The molecule has 0 bridgehead atoms. The zero-order valence-electron chi connectivity index (χ0n) is 12.2. The second kappa shape index (κ2) is 7.56. The topological polar surface area (TPSA) is 66.0 Å². The molecule has 1 aromatic carbocycles. The lowest BCUT2D eigenvalue weighted by molar-refractivity contribution is 0.431. The van der Waals surface area contributed by atoms with Crippen molar-refractivity contribution in [2.24, 2.45) is 16.0 Å². The Labute approximate surface area is 134 Å². The van der Waals surface area contributed by atoms with Gasteiger partial charge in [0.15, 0.2) is 0 Å². The molecular formula is C14H20ClN5S. The minimum absolute atomic E-state index is 0.491. The summed E-state index contributed by atoms with van der Waals surface area (Å²) in [5.41, 5.74) is 6.29. The van der Waals surface area contributed by atoms with Crippen molar-refractivity contribution in [2.45, 2.75) is 25.2 Å². The minimum Gasteiger partial charge on any atom is -0.398 e. The van der Waals surface area contributed by atoms with Crippen LogP contribution in [0.3, 0.4) is 0 Å². The van der Waals surface area contributed by atoms with Gasteiger partial charge in [0, 0.05) is 23.6 Å². The molecule has 0 aliphatic carbocycles. The van der Waals surface area contributed by atoms with Gasteiger partial charge in [-0.2, -0.15) is 5.10 Å². The first kappa shape index (κ1) is 16.0. The summed E-state index contributed by atoms with van der Waals surface area (Å²) >= 11 is 7.48. The molecule has 1 heterocycles. The molecule has 0 saturated heterocycles. The van der Waals surface area contributed by atoms with Crippen LogP contribution in [0.25, 0.3) is 0 Å². The van der Waals surface area contributed by atoms with E-state index in [-0.39, 0.29) is 0 Å². The zero-order chi connectivity index (χ0) is 15.2. The van der Waals surface area contributed by atoms with Crippen LogP contribution in [-0.2, 0) is 0 Å². The Hall–Kier alpha value is -1.40. The van der Waals surface area contributed by atoms with Crippen molar-refractivity contribution >= 4 is 41.4 Å². The van der Waals surface area contributed by atoms with E-state index in [9.17, 15) is 0 Å². The Morgan fingerprint density at radius 1 is 1.57 bits per heavy atom. The number of nitrogens with zero attached hydrogens (tertiary/aromatic N) is 3. The maximum atomic E-state index is 6.03. The average Bonchev–Trinajstić information content (AvgIpc) is 2.96. The van der Waals surface area contributed by atoms with E-state index in [0.717, 1.165) is 23.8 Å². The Morgan fingerprint density at radius 3 is 3.00 bits per heavy atom. The summed E-state index contributed by atoms with van der Waals surface area (Å²) in [6.45, 7) is 5.73. The number of hydrazone groups is 1. The van der Waals surface area contributed by atoms with Crippen LogP contribution in [-0.4, -0.2) is 30.3 Å². The SMILES string of the molecule is CCN=C(NSc1ccc(N)c(Cl)c1)N1CC(CC)C=N1. The first-order valence-electron chi connectivity index (χ1n) is 6.98. The molecule has 1 aromatic rings. The van der Waals surface area contributed by atoms with Crippen LogP contribution in [0.2, 0.25) is 5.02 Å². The van der Waals surface area contributed by atoms with Gasteiger partial charge in [0.1, 0.15) is 0 Å². The number of hydrogen-bond acceptors (Lipinski definition) is 4. The quantitative estimate of drug-likeness (QED) is 0.386. The summed E-state index contributed by atoms with van der Waals surface area (Å²) in [5.74, 6) is 1.26. The molecule has 5 nitrogen and oxygen atoms in total. The molecule has 1 aliphatic rings. The van der Waals surface area contributed by atoms with Crippen LogP contribution >= 0.6 is 23.5 Å². The van der Waals surface area contributed by atoms with Crippen molar-refractivity contribution in [2.75, 3.05) is 18.8 Å². The fourth-order valence-corrected chi connectivity index (χ4v) is 2.80. The molecule has 0 radical (unpaired) electrons. The highest BCUT2D eigenvalue weighted by Gasteiger charge is 2.20. The van der Waals surface area contributed by atoms with E-state index >= 15 is 0 Å². The van der Waals surface area contributed by atoms with Crippen LogP contribution in [0.4, 0.5) is 5.69 Å². The molecule has 0 aromatic heterocycles. The van der Waals surface area contributed by atoms with Crippen molar-refractivity contribution in [1.29, 1.82) is 0 Å². The summed E-state index contributed by atoms with van der Waals surface area (Å²) in [6.07, 6.45) is 3.07. The van der Waals surface area contributed by atoms with E-state index in [0.29, 0.717) is 23.2 Å². The van der Waals surface area contributed by atoms with Crippen molar-refractivity contribution in [1.82, 2.24) is 9.73 Å². The maximum absolute atomic E-state index is 6.03. The van der Waals surface area contributed by atoms with Crippen LogP contribution in [0.1, 0.15) is 20.3 Å². The highest BCUT2D eigenvalue weighted by atomic mass is 35.5. The number of nitrogen functional groups attached to an aromatic ring is 1. The van der Waals surface area contributed by atoms with E-state index in [1.165, 1.54) is 11.9 Å². The van der Waals surface area contributed by atoms with E-state index in [2.05, 4.69) is 21.7 Å². The molecule has 0 spiro atoms. The van der Waals surface area contributed by atoms with E-state index in [1.54, 1.807) is 6.07 Å². The number of anilines is 1. The highest BCUT2D eigenvalue weighted by Crippen LogP contribution is 2.25. The Morgan fingerprint density at radius 2 is 2.38 bits per heavy atom. The van der Waals surface area contributed by atoms with Gasteiger partial charge in [-0.3, -0.25) is 9.71 Å². The molecule has 1 unspecified atom stereocenters. The Bertz CT molecular complexity index is 546. The largest absolute Gasteiger partial charge is 0.398 e.